The van der Waals surface area contributed by atoms with Crippen LogP contribution in [-0.4, -0.2) is 15.1 Å². The fraction of sp³-hybridized carbons (Fsp3) is 0. The second-order valence-electron chi connectivity index (χ2n) is 8.86. The zero-order chi connectivity index (χ0) is 24.1. The van der Waals surface area contributed by atoms with Crippen molar-refractivity contribution in [1.29, 1.82) is 0 Å². The van der Waals surface area contributed by atoms with Gasteiger partial charge in [0.25, 0.3) is 0 Å². The van der Waals surface area contributed by atoms with Crippen molar-refractivity contribution in [2.45, 2.75) is 0 Å². The van der Waals surface area contributed by atoms with Crippen LogP contribution in [0.2, 0.25) is 0 Å². The van der Waals surface area contributed by atoms with Crippen LogP contribution in [0.1, 0.15) is 0 Å². The van der Waals surface area contributed by atoms with Gasteiger partial charge < -0.3 is 10.6 Å². The molecular formula is C31H20N4S. The number of thiocarbonyl (C=S) groups is 1. The van der Waals surface area contributed by atoms with E-state index in [9.17, 15) is 0 Å². The van der Waals surface area contributed by atoms with Crippen LogP contribution in [0.25, 0.3) is 54.4 Å². The van der Waals surface area contributed by atoms with Crippen LogP contribution in [0, 0.1) is 0 Å². The number of nitrogens with zero attached hydrogens (tertiary/aromatic N) is 2. The van der Waals surface area contributed by atoms with Gasteiger partial charge in [0.2, 0.25) is 0 Å². The summed E-state index contributed by atoms with van der Waals surface area (Å²) >= 11 is 5.60. The van der Waals surface area contributed by atoms with E-state index >= 15 is 0 Å². The van der Waals surface area contributed by atoms with E-state index in [0.29, 0.717) is 5.11 Å². The Morgan fingerprint density at radius 1 is 0.500 bits per heavy atom. The van der Waals surface area contributed by atoms with E-state index in [-0.39, 0.29) is 0 Å². The maximum absolute atomic E-state index is 5.60. The molecule has 36 heavy (non-hydrogen) atoms. The molecule has 0 amide bonds. The second-order valence-corrected chi connectivity index (χ2v) is 9.26. The minimum atomic E-state index is 0.523. The molecule has 0 aliphatic carbocycles. The number of hydrogen-bond acceptors (Lipinski definition) is 3. The number of hydrogen-bond donors (Lipinski definition) is 2. The zero-order valence-electron chi connectivity index (χ0n) is 19.2. The molecule has 0 aliphatic rings. The Kier molecular flexibility index (Phi) is 4.76. The van der Waals surface area contributed by atoms with Gasteiger partial charge in [-0.3, -0.25) is 0 Å². The molecule has 0 bridgehead atoms. The molecule has 7 rings (SSSR count). The molecule has 0 radical (unpaired) electrons. The Hall–Kier alpha value is -4.61. The first kappa shape index (κ1) is 20.7. The summed E-state index contributed by atoms with van der Waals surface area (Å²) in [5.74, 6) is 0. The molecule has 0 unspecified atom stereocenters. The molecule has 0 aliphatic heterocycles. The van der Waals surface area contributed by atoms with E-state index in [4.69, 9.17) is 22.2 Å². The van der Waals surface area contributed by atoms with Gasteiger partial charge >= 0.3 is 0 Å². The lowest BCUT2D eigenvalue weighted by molar-refractivity contribution is 1.41. The summed E-state index contributed by atoms with van der Waals surface area (Å²) in [5.41, 5.74) is 5.30. The summed E-state index contributed by atoms with van der Waals surface area (Å²) in [4.78, 5) is 10.1. The minimum absolute atomic E-state index is 0.523. The van der Waals surface area contributed by atoms with Crippen molar-refractivity contribution >= 4 is 83.1 Å². The van der Waals surface area contributed by atoms with Gasteiger partial charge in [0.15, 0.2) is 5.11 Å². The summed E-state index contributed by atoms with van der Waals surface area (Å²) in [6, 6.07) is 37.3. The average Bonchev–Trinajstić information content (AvgIpc) is 2.92. The third kappa shape index (κ3) is 3.49. The normalized spacial score (nSPS) is 11.4. The van der Waals surface area contributed by atoms with Crippen molar-refractivity contribution in [3.05, 3.63) is 109 Å². The lowest BCUT2D eigenvalue weighted by atomic mass is 9.99. The minimum Gasteiger partial charge on any atom is -0.332 e. The largest absolute Gasteiger partial charge is 0.332 e. The molecule has 0 saturated carbocycles. The van der Waals surface area contributed by atoms with E-state index in [1.807, 2.05) is 36.4 Å². The zero-order valence-corrected chi connectivity index (χ0v) is 20.0. The molecule has 2 N–H and O–H groups in total. The molecule has 0 atom stereocenters. The molecule has 1 aromatic heterocycles. The quantitative estimate of drug-likeness (QED) is 0.149. The van der Waals surface area contributed by atoms with Gasteiger partial charge in [-0.15, -0.1) is 0 Å². The van der Waals surface area contributed by atoms with Crippen molar-refractivity contribution in [2.24, 2.45) is 0 Å². The third-order valence-corrected chi connectivity index (χ3v) is 6.79. The predicted molar refractivity (Wildman–Crippen MR) is 156 cm³/mol. The first-order valence-electron chi connectivity index (χ1n) is 11.8. The van der Waals surface area contributed by atoms with Crippen molar-refractivity contribution in [3.8, 4) is 0 Å². The SMILES string of the molecule is S=C(Nc1ccc2ccccc2c1)Nc1ccc2nc3c4ccccc4c4ccccc4c3nc2c1. The van der Waals surface area contributed by atoms with Crippen molar-refractivity contribution < 1.29 is 0 Å². The van der Waals surface area contributed by atoms with Gasteiger partial charge in [-0.05, 0) is 64.1 Å². The summed E-state index contributed by atoms with van der Waals surface area (Å²) in [6.45, 7) is 0. The topological polar surface area (TPSA) is 49.8 Å². The van der Waals surface area contributed by atoms with E-state index in [2.05, 4.69) is 83.4 Å². The van der Waals surface area contributed by atoms with Crippen LogP contribution in [0.15, 0.2) is 109 Å². The van der Waals surface area contributed by atoms with Crippen LogP contribution in [-0.2, 0) is 0 Å². The molecule has 0 fully saturated rings. The highest BCUT2D eigenvalue weighted by molar-refractivity contribution is 7.80. The molecule has 1 heterocycles. The van der Waals surface area contributed by atoms with Crippen LogP contribution in [0.3, 0.4) is 0 Å². The predicted octanol–water partition coefficient (Wildman–Crippen LogP) is 8.05. The van der Waals surface area contributed by atoms with Crippen LogP contribution in [0.4, 0.5) is 11.4 Å². The highest BCUT2D eigenvalue weighted by Crippen LogP contribution is 2.34. The van der Waals surface area contributed by atoms with E-state index in [1.54, 1.807) is 0 Å². The Labute approximate surface area is 212 Å². The first-order chi connectivity index (χ1) is 17.7. The fourth-order valence-electron chi connectivity index (χ4n) is 4.92. The Morgan fingerprint density at radius 3 is 1.72 bits per heavy atom. The van der Waals surface area contributed by atoms with Gasteiger partial charge in [-0.2, -0.15) is 0 Å². The van der Waals surface area contributed by atoms with Gasteiger partial charge in [0.1, 0.15) is 0 Å². The van der Waals surface area contributed by atoms with E-state index in [1.165, 1.54) is 16.2 Å². The first-order valence-corrected chi connectivity index (χ1v) is 12.2. The monoisotopic (exact) mass is 480 g/mol. The summed E-state index contributed by atoms with van der Waals surface area (Å²) in [5, 5.41) is 14.1. The Balaban J connectivity index is 1.27. The summed E-state index contributed by atoms with van der Waals surface area (Å²) < 4.78 is 0. The van der Waals surface area contributed by atoms with Crippen molar-refractivity contribution in [2.75, 3.05) is 10.6 Å². The number of benzene rings is 6. The molecule has 5 heteroatoms. The molecular weight excluding hydrogens is 460 g/mol. The Bertz CT molecular complexity index is 1980. The van der Waals surface area contributed by atoms with Gasteiger partial charge in [0.05, 0.1) is 22.1 Å². The highest BCUT2D eigenvalue weighted by Gasteiger charge is 2.12. The third-order valence-electron chi connectivity index (χ3n) is 6.58. The van der Waals surface area contributed by atoms with Crippen LogP contribution < -0.4 is 10.6 Å². The molecule has 0 saturated heterocycles. The maximum atomic E-state index is 5.60. The number of anilines is 2. The van der Waals surface area contributed by atoms with Gasteiger partial charge in [0, 0.05) is 22.1 Å². The van der Waals surface area contributed by atoms with E-state index in [0.717, 1.165) is 49.6 Å². The van der Waals surface area contributed by atoms with Crippen LogP contribution >= 0.6 is 12.2 Å². The van der Waals surface area contributed by atoms with E-state index < -0.39 is 0 Å². The van der Waals surface area contributed by atoms with Crippen molar-refractivity contribution in [3.63, 3.8) is 0 Å². The van der Waals surface area contributed by atoms with Crippen molar-refractivity contribution in [1.82, 2.24) is 9.97 Å². The van der Waals surface area contributed by atoms with Gasteiger partial charge in [-0.25, -0.2) is 9.97 Å². The number of aromatic nitrogens is 2. The standard InChI is InChI=1S/C31H20N4S/c36-31(32-21-14-13-19-7-1-2-8-20(19)17-21)33-22-15-16-27-28(18-22)35-30-26-12-6-4-10-24(26)23-9-3-5-11-25(23)29(30)34-27/h1-18H,(H2,32,33,36). The molecule has 0 spiro atoms. The molecule has 4 nitrogen and oxygen atoms in total. The number of rotatable bonds is 2. The summed E-state index contributed by atoms with van der Waals surface area (Å²) in [7, 11) is 0. The lowest BCUT2D eigenvalue weighted by Crippen LogP contribution is -2.19. The number of nitrogens with one attached hydrogen (secondary N) is 2. The van der Waals surface area contributed by atoms with Gasteiger partial charge in [-0.1, -0.05) is 78.9 Å². The molecule has 6 aromatic carbocycles. The maximum Gasteiger partial charge on any atom is 0.175 e. The number of fused-ring (bicyclic) bond motifs is 8. The fourth-order valence-corrected chi connectivity index (χ4v) is 5.15. The molecule has 170 valence electrons. The highest BCUT2D eigenvalue weighted by atomic mass is 32.1. The second kappa shape index (κ2) is 8.26. The Morgan fingerprint density at radius 2 is 1.03 bits per heavy atom. The average molecular weight is 481 g/mol. The summed E-state index contributed by atoms with van der Waals surface area (Å²) in [6.07, 6.45) is 0. The van der Waals surface area contributed by atoms with Crippen LogP contribution in [0.5, 0.6) is 0 Å². The lowest BCUT2D eigenvalue weighted by Gasteiger charge is -2.13. The smallest absolute Gasteiger partial charge is 0.175 e. The molecule has 7 aromatic rings.